The summed E-state index contributed by atoms with van der Waals surface area (Å²) >= 11 is 5.04. The number of hydrogen-bond donors (Lipinski definition) is 2. The first kappa shape index (κ1) is 20.5. The van der Waals surface area contributed by atoms with Gasteiger partial charge in [-0.2, -0.15) is 0 Å². The normalized spacial score (nSPS) is 10.6. The van der Waals surface area contributed by atoms with Gasteiger partial charge in [-0.25, -0.2) is 0 Å². The van der Waals surface area contributed by atoms with E-state index < -0.39 is 0 Å². The van der Waals surface area contributed by atoms with Crippen molar-refractivity contribution in [3.05, 3.63) is 64.1 Å². The number of nitrogens with one attached hydrogen (secondary N) is 2. The van der Waals surface area contributed by atoms with Crippen molar-refractivity contribution in [2.24, 2.45) is 5.92 Å². The molecule has 0 aliphatic heterocycles. The van der Waals surface area contributed by atoms with Crippen LogP contribution in [0.15, 0.2) is 53.0 Å². The lowest BCUT2D eigenvalue weighted by molar-refractivity contribution is -0.113. The molecule has 6 heteroatoms. The Hall–Kier alpha value is -1.79. The smallest absolute Gasteiger partial charge is 0.253 e. The van der Waals surface area contributed by atoms with E-state index in [1.165, 1.54) is 11.8 Å². The number of hydrogen-bond acceptors (Lipinski definition) is 3. The van der Waals surface area contributed by atoms with Gasteiger partial charge in [-0.1, -0.05) is 60.1 Å². The minimum atomic E-state index is -0.171. The standard InChI is InChI=1S/C20H23BrN2O2S/c1-14(2)11-22-20(25)16-8-4-6-10-18(16)23-19(24)13-26-12-15-7-3-5-9-17(15)21/h3-10,14H,11-13H2,1-2H3,(H,22,25)(H,23,24). The first-order valence-electron chi connectivity index (χ1n) is 8.45. The summed E-state index contributed by atoms with van der Waals surface area (Å²) in [6.07, 6.45) is 0. The van der Waals surface area contributed by atoms with E-state index in [2.05, 4.69) is 26.6 Å². The highest BCUT2D eigenvalue weighted by molar-refractivity contribution is 9.10. The Morgan fingerprint density at radius 3 is 2.50 bits per heavy atom. The number of rotatable bonds is 8. The zero-order valence-corrected chi connectivity index (χ0v) is 17.3. The summed E-state index contributed by atoms with van der Waals surface area (Å²) in [6, 6.07) is 15.0. The highest BCUT2D eigenvalue weighted by Gasteiger charge is 2.13. The first-order chi connectivity index (χ1) is 12.5. The van der Waals surface area contributed by atoms with Crippen LogP contribution >= 0.6 is 27.7 Å². The summed E-state index contributed by atoms with van der Waals surface area (Å²) in [5.74, 6) is 1.14. The van der Waals surface area contributed by atoms with E-state index in [1.807, 2.05) is 44.2 Å². The third kappa shape index (κ3) is 6.50. The van der Waals surface area contributed by atoms with Gasteiger partial charge in [0.2, 0.25) is 5.91 Å². The van der Waals surface area contributed by atoms with Crippen molar-refractivity contribution in [3.8, 4) is 0 Å². The van der Waals surface area contributed by atoms with E-state index >= 15 is 0 Å². The molecule has 2 rings (SSSR count). The van der Waals surface area contributed by atoms with Gasteiger partial charge in [0, 0.05) is 16.8 Å². The van der Waals surface area contributed by atoms with Gasteiger partial charge >= 0.3 is 0 Å². The average Bonchev–Trinajstić information content (AvgIpc) is 2.61. The highest BCUT2D eigenvalue weighted by Crippen LogP contribution is 2.22. The van der Waals surface area contributed by atoms with Crippen LogP contribution in [-0.4, -0.2) is 24.1 Å². The van der Waals surface area contributed by atoms with Crippen molar-refractivity contribution in [1.82, 2.24) is 5.32 Å². The summed E-state index contributed by atoms with van der Waals surface area (Å²) in [6.45, 7) is 4.68. The van der Waals surface area contributed by atoms with Gasteiger partial charge < -0.3 is 10.6 Å². The lowest BCUT2D eigenvalue weighted by atomic mass is 10.1. The Bertz CT molecular complexity index is 765. The second-order valence-electron chi connectivity index (χ2n) is 6.28. The monoisotopic (exact) mass is 434 g/mol. The van der Waals surface area contributed by atoms with Gasteiger partial charge in [-0.15, -0.1) is 11.8 Å². The van der Waals surface area contributed by atoms with Gasteiger partial charge in [0.25, 0.3) is 5.91 Å². The molecule has 2 aromatic rings. The van der Waals surface area contributed by atoms with Crippen molar-refractivity contribution in [2.75, 3.05) is 17.6 Å². The Morgan fingerprint density at radius 1 is 1.08 bits per heavy atom. The Labute approximate surface area is 167 Å². The summed E-state index contributed by atoms with van der Waals surface area (Å²) in [5, 5.41) is 5.73. The predicted molar refractivity (Wildman–Crippen MR) is 113 cm³/mol. The number of carbonyl (C=O) groups is 2. The predicted octanol–water partition coefficient (Wildman–Crippen LogP) is 4.71. The number of anilines is 1. The topological polar surface area (TPSA) is 58.2 Å². The molecule has 0 bridgehead atoms. The summed E-state index contributed by atoms with van der Waals surface area (Å²) in [5.41, 5.74) is 2.18. The maximum atomic E-state index is 12.3. The molecule has 0 aromatic heterocycles. The minimum Gasteiger partial charge on any atom is -0.352 e. The second kappa shape index (κ2) is 10.4. The fraction of sp³-hybridized carbons (Fsp3) is 0.300. The molecule has 2 N–H and O–H groups in total. The summed E-state index contributed by atoms with van der Waals surface area (Å²) < 4.78 is 1.04. The van der Waals surface area contributed by atoms with Crippen molar-refractivity contribution < 1.29 is 9.59 Å². The molecule has 0 aliphatic rings. The molecule has 2 aromatic carbocycles. The van der Waals surface area contributed by atoms with Crippen LogP contribution < -0.4 is 10.6 Å². The first-order valence-corrected chi connectivity index (χ1v) is 10.4. The number of para-hydroxylation sites is 1. The Kier molecular flexibility index (Phi) is 8.19. The summed E-state index contributed by atoms with van der Waals surface area (Å²) in [7, 11) is 0. The average molecular weight is 435 g/mol. The van der Waals surface area contributed by atoms with E-state index in [4.69, 9.17) is 0 Å². The van der Waals surface area contributed by atoms with Gasteiger partial charge in [0.1, 0.15) is 0 Å². The fourth-order valence-corrected chi connectivity index (χ4v) is 3.68. The van der Waals surface area contributed by atoms with E-state index in [0.717, 1.165) is 15.8 Å². The number of carbonyl (C=O) groups excluding carboxylic acids is 2. The van der Waals surface area contributed by atoms with Crippen LogP contribution in [0.5, 0.6) is 0 Å². The van der Waals surface area contributed by atoms with Crippen LogP contribution in [0.1, 0.15) is 29.8 Å². The third-order valence-corrected chi connectivity index (χ3v) is 5.32. The maximum absolute atomic E-state index is 12.3. The molecular weight excluding hydrogens is 412 g/mol. The van der Waals surface area contributed by atoms with Crippen molar-refractivity contribution in [2.45, 2.75) is 19.6 Å². The molecule has 0 saturated heterocycles. The van der Waals surface area contributed by atoms with Gasteiger partial charge in [-0.05, 0) is 29.7 Å². The molecule has 2 amide bonds. The SMILES string of the molecule is CC(C)CNC(=O)c1ccccc1NC(=O)CSCc1ccccc1Br. The minimum absolute atomic E-state index is 0.119. The number of thioether (sulfide) groups is 1. The molecule has 0 aliphatic carbocycles. The zero-order valence-electron chi connectivity index (χ0n) is 14.9. The van der Waals surface area contributed by atoms with Crippen molar-refractivity contribution in [1.29, 1.82) is 0 Å². The van der Waals surface area contributed by atoms with Crippen LogP contribution in [0.2, 0.25) is 0 Å². The molecule has 0 atom stereocenters. The fourth-order valence-electron chi connectivity index (χ4n) is 2.24. The maximum Gasteiger partial charge on any atom is 0.253 e. The molecule has 0 spiro atoms. The second-order valence-corrected chi connectivity index (χ2v) is 8.12. The van der Waals surface area contributed by atoms with E-state index in [0.29, 0.717) is 29.5 Å². The van der Waals surface area contributed by atoms with Gasteiger partial charge in [0.15, 0.2) is 0 Å². The van der Waals surface area contributed by atoms with Crippen LogP contribution in [0.3, 0.4) is 0 Å². The lowest BCUT2D eigenvalue weighted by Crippen LogP contribution is -2.28. The van der Waals surface area contributed by atoms with Crippen LogP contribution in [0.4, 0.5) is 5.69 Å². The Morgan fingerprint density at radius 2 is 1.77 bits per heavy atom. The van der Waals surface area contributed by atoms with Crippen LogP contribution in [0.25, 0.3) is 0 Å². The lowest BCUT2D eigenvalue weighted by Gasteiger charge is -2.12. The Balaban J connectivity index is 1.90. The van der Waals surface area contributed by atoms with Crippen molar-refractivity contribution >= 4 is 45.2 Å². The highest BCUT2D eigenvalue weighted by atomic mass is 79.9. The molecule has 26 heavy (non-hydrogen) atoms. The molecular formula is C20H23BrN2O2S. The van der Waals surface area contributed by atoms with E-state index in [1.54, 1.807) is 18.2 Å². The van der Waals surface area contributed by atoms with Gasteiger partial charge in [-0.3, -0.25) is 9.59 Å². The van der Waals surface area contributed by atoms with E-state index in [-0.39, 0.29) is 11.8 Å². The number of benzene rings is 2. The molecule has 0 fully saturated rings. The summed E-state index contributed by atoms with van der Waals surface area (Å²) in [4.78, 5) is 24.6. The van der Waals surface area contributed by atoms with Gasteiger partial charge in [0.05, 0.1) is 17.0 Å². The molecule has 138 valence electrons. The molecule has 0 radical (unpaired) electrons. The molecule has 0 heterocycles. The molecule has 4 nitrogen and oxygen atoms in total. The molecule has 0 saturated carbocycles. The largest absolute Gasteiger partial charge is 0.352 e. The number of halogens is 1. The quantitative estimate of drug-likeness (QED) is 0.632. The zero-order chi connectivity index (χ0) is 18.9. The van der Waals surface area contributed by atoms with Crippen molar-refractivity contribution in [3.63, 3.8) is 0 Å². The van der Waals surface area contributed by atoms with Crippen LogP contribution in [-0.2, 0) is 10.5 Å². The van der Waals surface area contributed by atoms with Crippen LogP contribution in [0, 0.1) is 5.92 Å². The molecule has 0 unspecified atom stereocenters. The number of amides is 2. The third-order valence-electron chi connectivity index (χ3n) is 3.57. The van der Waals surface area contributed by atoms with E-state index in [9.17, 15) is 9.59 Å².